The van der Waals surface area contributed by atoms with Crippen molar-refractivity contribution in [1.82, 2.24) is 0 Å². The highest BCUT2D eigenvalue weighted by Crippen LogP contribution is 2.47. The molecule has 12 heteroatoms. The molecule has 0 saturated heterocycles. The van der Waals surface area contributed by atoms with Crippen LogP contribution in [0.1, 0.15) is 25.7 Å². The normalized spacial score (nSPS) is 28.0. The molecule has 24 heavy (non-hydrogen) atoms. The zero-order valence-electron chi connectivity index (χ0n) is 12.0. The van der Waals surface area contributed by atoms with Crippen LogP contribution in [-0.4, -0.2) is 32.4 Å². The molecule has 0 spiro atoms. The van der Waals surface area contributed by atoms with Crippen molar-refractivity contribution in [1.29, 1.82) is 0 Å². The second-order valence-electron chi connectivity index (χ2n) is 6.03. The average molecular weight is 400 g/mol. The molecule has 140 valence electrons. The number of sulfone groups is 2. The van der Waals surface area contributed by atoms with Gasteiger partial charge in [0.15, 0.2) is 4.58 Å². The first-order valence-electron chi connectivity index (χ1n) is 6.96. The molecular formula is C12H14F6O4S2. The summed E-state index contributed by atoms with van der Waals surface area (Å²) < 4.78 is 118. The molecule has 0 aromatic rings. The highest BCUT2D eigenvalue weighted by Gasteiger charge is 2.62. The van der Waals surface area contributed by atoms with Gasteiger partial charge in [0.1, 0.15) is 0 Å². The molecule has 0 N–H and O–H groups in total. The van der Waals surface area contributed by atoms with E-state index in [0.29, 0.717) is 12.8 Å². The maximum absolute atomic E-state index is 12.6. The fraction of sp³-hybridized carbons (Fsp3) is 0.833. The van der Waals surface area contributed by atoms with Gasteiger partial charge < -0.3 is 0 Å². The van der Waals surface area contributed by atoms with Crippen LogP contribution < -0.4 is 0 Å². The molecule has 2 aliphatic carbocycles. The van der Waals surface area contributed by atoms with Crippen molar-refractivity contribution in [2.45, 2.75) is 41.3 Å². The Balaban J connectivity index is 2.29. The van der Waals surface area contributed by atoms with E-state index in [4.69, 9.17) is 0 Å². The van der Waals surface area contributed by atoms with E-state index in [9.17, 15) is 43.2 Å². The highest BCUT2D eigenvalue weighted by atomic mass is 32.3. The monoisotopic (exact) mass is 400 g/mol. The van der Waals surface area contributed by atoms with E-state index in [1.807, 2.05) is 6.08 Å². The Morgan fingerprint density at radius 2 is 1.38 bits per heavy atom. The lowest BCUT2D eigenvalue weighted by atomic mass is 9.90. The first-order chi connectivity index (χ1) is 10.7. The van der Waals surface area contributed by atoms with Gasteiger partial charge in [-0.25, -0.2) is 16.8 Å². The summed E-state index contributed by atoms with van der Waals surface area (Å²) in [4.78, 5) is 0. The summed E-state index contributed by atoms with van der Waals surface area (Å²) in [5.74, 6) is -0.205. The van der Waals surface area contributed by atoms with Crippen LogP contribution >= 0.6 is 0 Å². The summed E-state index contributed by atoms with van der Waals surface area (Å²) in [7, 11) is -13.0. The molecule has 0 amide bonds. The van der Waals surface area contributed by atoms with Crippen LogP contribution in [-0.2, 0) is 19.7 Å². The van der Waals surface area contributed by atoms with Gasteiger partial charge in [0.25, 0.3) is 19.7 Å². The summed E-state index contributed by atoms with van der Waals surface area (Å²) in [6, 6.07) is 0. The number of allylic oxidation sites excluding steroid dienone is 2. The molecule has 1 saturated carbocycles. The molecule has 4 nitrogen and oxygen atoms in total. The van der Waals surface area contributed by atoms with Crippen molar-refractivity contribution in [2.75, 3.05) is 0 Å². The molecule has 2 aliphatic rings. The number of hydrogen-bond donors (Lipinski definition) is 0. The zero-order valence-corrected chi connectivity index (χ0v) is 13.6. The van der Waals surface area contributed by atoms with Crippen molar-refractivity contribution >= 4 is 19.7 Å². The Morgan fingerprint density at radius 3 is 1.71 bits per heavy atom. The van der Waals surface area contributed by atoms with Crippen molar-refractivity contribution in [2.24, 2.45) is 17.8 Å². The molecule has 0 aromatic heterocycles. The van der Waals surface area contributed by atoms with Gasteiger partial charge in [0, 0.05) is 0 Å². The van der Waals surface area contributed by atoms with Crippen molar-refractivity contribution < 1.29 is 43.2 Å². The van der Waals surface area contributed by atoms with Gasteiger partial charge in [-0.2, -0.15) is 26.3 Å². The summed E-state index contributed by atoms with van der Waals surface area (Å²) in [6.07, 6.45) is 3.31. The van der Waals surface area contributed by atoms with Gasteiger partial charge >= 0.3 is 11.0 Å². The third kappa shape index (κ3) is 3.31. The van der Waals surface area contributed by atoms with Crippen molar-refractivity contribution in [3.8, 4) is 0 Å². The van der Waals surface area contributed by atoms with Crippen LogP contribution in [0.25, 0.3) is 0 Å². The molecule has 2 bridgehead atoms. The molecule has 1 fully saturated rings. The quantitative estimate of drug-likeness (QED) is 0.525. The van der Waals surface area contributed by atoms with Crippen LogP contribution in [0.3, 0.4) is 0 Å². The van der Waals surface area contributed by atoms with E-state index >= 15 is 0 Å². The van der Waals surface area contributed by atoms with Crippen molar-refractivity contribution in [3.63, 3.8) is 0 Å². The van der Waals surface area contributed by atoms with E-state index in [1.165, 1.54) is 0 Å². The largest absolute Gasteiger partial charge is 0.498 e. The maximum Gasteiger partial charge on any atom is 0.498 e. The van der Waals surface area contributed by atoms with Crippen molar-refractivity contribution in [3.05, 3.63) is 12.2 Å². The highest BCUT2D eigenvalue weighted by molar-refractivity contribution is 8.09. The SMILES string of the molecule is O=S(=O)(C(CCC1CC2C=CC1C2)S(=O)(=O)C(F)(F)F)C(F)(F)F. The van der Waals surface area contributed by atoms with E-state index in [2.05, 4.69) is 0 Å². The molecule has 0 aromatic carbocycles. The third-order valence-electron chi connectivity index (χ3n) is 4.53. The van der Waals surface area contributed by atoms with Crippen LogP contribution in [0, 0.1) is 17.8 Å². The molecular weight excluding hydrogens is 386 g/mol. The van der Waals surface area contributed by atoms with E-state index in [-0.39, 0.29) is 24.2 Å². The fourth-order valence-corrected chi connectivity index (χ4v) is 6.83. The number of rotatable bonds is 5. The van der Waals surface area contributed by atoms with Crippen LogP contribution in [0.15, 0.2) is 12.2 Å². The number of halogens is 6. The number of hydrogen-bond acceptors (Lipinski definition) is 4. The van der Waals surface area contributed by atoms with Gasteiger partial charge in [-0.05, 0) is 43.4 Å². The minimum absolute atomic E-state index is 0.0576. The standard InChI is InChI=1S/C12H14F6O4S2/c13-11(14,15)23(19,20)10(24(21,22)12(16,17)18)4-3-9-6-7-1-2-8(9)5-7/h1-2,7-10H,3-6H2. The second-order valence-corrected chi connectivity index (χ2v) is 10.6. The lowest BCUT2D eigenvalue weighted by molar-refractivity contribution is -0.0473. The zero-order chi connectivity index (χ0) is 18.6. The Bertz CT molecular complexity index is 676. The predicted octanol–water partition coefficient (Wildman–Crippen LogP) is 3.17. The van der Waals surface area contributed by atoms with Gasteiger partial charge in [-0.3, -0.25) is 0 Å². The maximum atomic E-state index is 12.6. The summed E-state index contributed by atoms with van der Waals surface area (Å²) in [6.45, 7) is 0. The summed E-state index contributed by atoms with van der Waals surface area (Å²) in [5, 5.41) is 0. The lowest BCUT2D eigenvalue weighted by Gasteiger charge is -2.24. The molecule has 0 aliphatic heterocycles. The van der Waals surface area contributed by atoms with Crippen LogP contribution in [0.2, 0.25) is 0 Å². The molecule has 3 atom stereocenters. The Morgan fingerprint density at radius 1 is 0.875 bits per heavy atom. The molecule has 2 rings (SSSR count). The second kappa shape index (κ2) is 5.89. The minimum atomic E-state index is -6.51. The predicted molar refractivity (Wildman–Crippen MR) is 71.8 cm³/mol. The molecule has 0 heterocycles. The van der Waals surface area contributed by atoms with Gasteiger partial charge in [0.05, 0.1) is 0 Å². The third-order valence-corrected chi connectivity index (χ3v) is 9.19. The van der Waals surface area contributed by atoms with Gasteiger partial charge in [-0.15, -0.1) is 0 Å². The van der Waals surface area contributed by atoms with E-state index in [1.54, 1.807) is 6.08 Å². The average Bonchev–Trinajstić information content (AvgIpc) is 2.97. The van der Waals surface area contributed by atoms with E-state index < -0.39 is 41.7 Å². The van der Waals surface area contributed by atoms with Crippen LogP contribution in [0.5, 0.6) is 0 Å². The first kappa shape index (κ1) is 19.5. The summed E-state index contributed by atoms with van der Waals surface area (Å²) >= 11 is 0. The summed E-state index contributed by atoms with van der Waals surface area (Å²) in [5.41, 5.74) is -12.2. The first-order valence-corrected chi connectivity index (χ1v) is 10.1. The van der Waals surface area contributed by atoms with Gasteiger partial charge in [0.2, 0.25) is 0 Å². The van der Waals surface area contributed by atoms with E-state index in [0.717, 1.165) is 0 Å². The van der Waals surface area contributed by atoms with Gasteiger partial charge in [-0.1, -0.05) is 12.2 Å². The Labute approximate surface area is 134 Å². The molecule has 3 unspecified atom stereocenters. The topological polar surface area (TPSA) is 68.3 Å². The fourth-order valence-electron chi connectivity index (χ4n) is 3.35. The smallest absolute Gasteiger partial charge is 0.218 e. The van der Waals surface area contributed by atoms with Crippen LogP contribution in [0.4, 0.5) is 26.3 Å². The Hall–Kier alpha value is -0.780. The number of fused-ring (bicyclic) bond motifs is 2. The minimum Gasteiger partial charge on any atom is -0.218 e. The molecule has 0 radical (unpaired) electrons. The Kier molecular flexibility index (Phi) is 4.80. The lowest BCUT2D eigenvalue weighted by Crippen LogP contribution is -2.45. The number of alkyl halides is 6.